The average molecular weight is 260 g/mol. The maximum absolute atomic E-state index is 9.00. The van der Waals surface area contributed by atoms with Crippen LogP contribution in [0.15, 0.2) is 0 Å². The van der Waals surface area contributed by atoms with Crippen LogP contribution in [0.2, 0.25) is 0 Å². The Bertz CT molecular complexity index is 475. The van der Waals surface area contributed by atoms with Gasteiger partial charge in [0.25, 0.3) is 0 Å². The average Bonchev–Trinajstić information content (AvgIpc) is 2.80. The van der Waals surface area contributed by atoms with Crippen molar-refractivity contribution in [2.45, 2.75) is 38.1 Å². The molecule has 1 N–H and O–H groups in total. The van der Waals surface area contributed by atoms with Gasteiger partial charge >= 0.3 is 0 Å². The third kappa shape index (κ3) is 1.55. The molecule has 0 saturated heterocycles. The van der Waals surface area contributed by atoms with Gasteiger partial charge in [0, 0.05) is 17.6 Å². The van der Waals surface area contributed by atoms with E-state index in [1.807, 2.05) is 0 Å². The van der Waals surface area contributed by atoms with Crippen LogP contribution >= 0.6 is 11.5 Å². The summed E-state index contributed by atoms with van der Waals surface area (Å²) in [6, 6.07) is 2.68. The number of hydrogen-bond donors (Lipinski definition) is 1. The molecule has 0 atom stereocenters. The Kier molecular flexibility index (Phi) is 2.34. The quantitative estimate of drug-likeness (QED) is 0.888. The van der Waals surface area contributed by atoms with Crippen LogP contribution in [0.1, 0.15) is 37.8 Å². The molecule has 1 aromatic heterocycles. The zero-order valence-corrected chi connectivity index (χ0v) is 11.0. The van der Waals surface area contributed by atoms with E-state index in [2.05, 4.69) is 21.0 Å². The van der Waals surface area contributed by atoms with Gasteiger partial charge in [0.1, 0.15) is 11.1 Å². The summed E-state index contributed by atoms with van der Waals surface area (Å²) in [6.45, 7) is 0. The minimum absolute atomic E-state index is 0.466. The van der Waals surface area contributed by atoms with Crippen molar-refractivity contribution in [3.8, 4) is 6.07 Å². The van der Waals surface area contributed by atoms with Crippen LogP contribution in [0, 0.1) is 35.0 Å². The lowest BCUT2D eigenvalue weighted by Crippen LogP contribution is -2.51. The van der Waals surface area contributed by atoms with E-state index in [-0.39, 0.29) is 0 Å². The predicted molar refractivity (Wildman–Crippen MR) is 69.1 cm³/mol. The summed E-state index contributed by atoms with van der Waals surface area (Å²) in [5.74, 6) is 3.60. The number of nitrogens with one attached hydrogen (secondary N) is 1. The van der Waals surface area contributed by atoms with Crippen molar-refractivity contribution in [1.82, 2.24) is 9.59 Å². The molecule has 1 heterocycles. The highest BCUT2D eigenvalue weighted by Gasteiger charge is 2.48. The van der Waals surface area contributed by atoms with Gasteiger partial charge < -0.3 is 5.32 Å². The van der Waals surface area contributed by atoms with E-state index in [0.717, 1.165) is 28.7 Å². The van der Waals surface area contributed by atoms with Gasteiger partial charge in [-0.3, -0.25) is 0 Å². The minimum Gasteiger partial charge on any atom is -0.370 e. The molecule has 0 aliphatic heterocycles. The smallest absolute Gasteiger partial charge is 0.199 e. The lowest BCUT2D eigenvalue weighted by Gasteiger charge is -2.54. The molecule has 4 saturated carbocycles. The molecule has 4 nitrogen and oxygen atoms in total. The molecule has 0 spiro atoms. The van der Waals surface area contributed by atoms with E-state index in [0.29, 0.717) is 11.7 Å². The van der Waals surface area contributed by atoms with Crippen molar-refractivity contribution in [1.29, 1.82) is 5.26 Å². The van der Waals surface area contributed by atoms with Crippen LogP contribution in [0.5, 0.6) is 0 Å². The SMILES string of the molecule is N#Cc1nnsc1NC1C2CC3CC(C2)CC1C3. The molecular weight excluding hydrogens is 244 g/mol. The molecule has 0 unspecified atom stereocenters. The van der Waals surface area contributed by atoms with Crippen LogP contribution in [0.4, 0.5) is 5.00 Å². The van der Waals surface area contributed by atoms with Crippen molar-refractivity contribution in [3.05, 3.63) is 5.69 Å². The van der Waals surface area contributed by atoms with Crippen molar-refractivity contribution >= 4 is 16.5 Å². The summed E-state index contributed by atoms with van der Waals surface area (Å²) in [6.07, 6.45) is 7.03. The molecule has 4 aliphatic rings. The normalized spacial score (nSPS) is 40.7. The minimum atomic E-state index is 0.466. The number of rotatable bonds is 2. The van der Waals surface area contributed by atoms with E-state index in [4.69, 9.17) is 5.26 Å². The molecule has 1 aromatic rings. The van der Waals surface area contributed by atoms with E-state index >= 15 is 0 Å². The monoisotopic (exact) mass is 260 g/mol. The van der Waals surface area contributed by atoms with Crippen molar-refractivity contribution in [2.75, 3.05) is 5.32 Å². The molecule has 0 aromatic carbocycles. The molecule has 4 fully saturated rings. The highest BCUT2D eigenvalue weighted by Crippen LogP contribution is 2.54. The first kappa shape index (κ1) is 10.7. The second-order valence-corrected chi connectivity index (χ2v) is 6.92. The number of nitrogens with zero attached hydrogens (tertiary/aromatic N) is 3. The third-order valence-corrected chi connectivity index (χ3v) is 5.78. The molecule has 4 aliphatic carbocycles. The van der Waals surface area contributed by atoms with E-state index in [1.165, 1.54) is 43.6 Å². The molecule has 0 amide bonds. The summed E-state index contributed by atoms with van der Waals surface area (Å²) in [4.78, 5) is 0. The topological polar surface area (TPSA) is 61.6 Å². The zero-order valence-electron chi connectivity index (χ0n) is 10.2. The summed E-state index contributed by atoms with van der Waals surface area (Å²) >= 11 is 1.32. The van der Waals surface area contributed by atoms with Gasteiger partial charge in [-0.1, -0.05) is 4.49 Å². The summed E-state index contributed by atoms with van der Waals surface area (Å²) in [5, 5.41) is 17.3. The van der Waals surface area contributed by atoms with Gasteiger partial charge in [-0.15, -0.1) is 5.10 Å². The van der Waals surface area contributed by atoms with Gasteiger partial charge in [-0.2, -0.15) is 5.26 Å². The van der Waals surface area contributed by atoms with E-state index < -0.39 is 0 Å². The van der Waals surface area contributed by atoms with Crippen LogP contribution in [0.3, 0.4) is 0 Å². The van der Waals surface area contributed by atoms with Gasteiger partial charge in [0.2, 0.25) is 0 Å². The highest BCUT2D eigenvalue weighted by molar-refractivity contribution is 7.10. The van der Waals surface area contributed by atoms with Crippen LogP contribution in [0.25, 0.3) is 0 Å². The predicted octanol–water partition coefficient (Wildman–Crippen LogP) is 2.65. The van der Waals surface area contributed by atoms with Gasteiger partial charge in [0.05, 0.1) is 0 Å². The molecule has 5 heteroatoms. The Hall–Kier alpha value is -1.15. The molecule has 0 radical (unpaired) electrons. The molecular formula is C13H16N4S. The Morgan fingerprint density at radius 1 is 1.11 bits per heavy atom. The van der Waals surface area contributed by atoms with Crippen LogP contribution in [-0.4, -0.2) is 15.6 Å². The van der Waals surface area contributed by atoms with Crippen LogP contribution in [-0.2, 0) is 0 Å². The maximum Gasteiger partial charge on any atom is 0.199 e. The maximum atomic E-state index is 9.00. The second-order valence-electron chi connectivity index (χ2n) is 6.16. The Morgan fingerprint density at radius 3 is 2.39 bits per heavy atom. The number of hydrogen-bond acceptors (Lipinski definition) is 5. The largest absolute Gasteiger partial charge is 0.370 e. The van der Waals surface area contributed by atoms with E-state index in [1.54, 1.807) is 0 Å². The molecule has 5 rings (SSSR count). The molecule has 18 heavy (non-hydrogen) atoms. The zero-order chi connectivity index (χ0) is 12.1. The first-order valence-corrected chi connectivity index (χ1v) is 7.60. The first-order chi connectivity index (χ1) is 8.83. The lowest BCUT2D eigenvalue weighted by molar-refractivity contribution is 0.00763. The van der Waals surface area contributed by atoms with Crippen molar-refractivity contribution in [3.63, 3.8) is 0 Å². The van der Waals surface area contributed by atoms with E-state index in [9.17, 15) is 0 Å². The second kappa shape index (κ2) is 3.92. The first-order valence-electron chi connectivity index (χ1n) is 6.82. The van der Waals surface area contributed by atoms with Gasteiger partial charge in [-0.25, -0.2) is 0 Å². The molecule has 4 bridgehead atoms. The summed E-state index contributed by atoms with van der Waals surface area (Å²) in [7, 11) is 0. The lowest BCUT2D eigenvalue weighted by atomic mass is 9.54. The number of anilines is 1. The van der Waals surface area contributed by atoms with Gasteiger partial charge in [0.15, 0.2) is 5.69 Å². The standard InChI is InChI=1S/C13H16N4S/c14-6-11-13(18-17-16-11)15-12-9-2-7-1-8(4-9)5-10(12)3-7/h7-10,12,15H,1-5H2. The fourth-order valence-electron chi connectivity index (χ4n) is 4.67. The van der Waals surface area contributed by atoms with Gasteiger partial charge in [-0.05, 0) is 55.8 Å². The number of nitriles is 1. The van der Waals surface area contributed by atoms with Crippen molar-refractivity contribution in [2.24, 2.45) is 23.7 Å². The third-order valence-electron chi connectivity index (χ3n) is 5.12. The Balaban J connectivity index is 1.57. The number of aromatic nitrogens is 2. The van der Waals surface area contributed by atoms with Crippen molar-refractivity contribution < 1.29 is 0 Å². The van der Waals surface area contributed by atoms with Crippen LogP contribution < -0.4 is 5.32 Å². The Labute approximate surface area is 111 Å². The summed E-state index contributed by atoms with van der Waals surface area (Å²) in [5.41, 5.74) is 0.466. The fourth-order valence-corrected chi connectivity index (χ4v) is 5.24. The Morgan fingerprint density at radius 2 is 1.78 bits per heavy atom. The molecule has 94 valence electrons. The highest BCUT2D eigenvalue weighted by atomic mass is 32.1. The summed E-state index contributed by atoms with van der Waals surface area (Å²) < 4.78 is 3.88. The fraction of sp³-hybridized carbons (Fsp3) is 0.769.